The Kier molecular flexibility index (Phi) is 8.67. The fourth-order valence-electron chi connectivity index (χ4n) is 8.89. The molecule has 5 rings (SSSR count). The molecule has 0 spiro atoms. The third-order valence-corrected chi connectivity index (χ3v) is 16.1. The first kappa shape index (κ1) is 30.2. The Morgan fingerprint density at radius 1 is 0.902 bits per heavy atom. The van der Waals surface area contributed by atoms with Gasteiger partial charge in [0.2, 0.25) is 0 Å². The average Bonchev–Trinajstić information content (AvgIpc) is 2.95. The van der Waals surface area contributed by atoms with Crippen molar-refractivity contribution in [1.29, 1.82) is 0 Å². The van der Waals surface area contributed by atoms with E-state index in [0.29, 0.717) is 29.2 Å². The summed E-state index contributed by atoms with van der Waals surface area (Å²) in [4.78, 5) is 4.36. The molecule has 1 N–H and O–H groups in total. The van der Waals surface area contributed by atoms with Crippen LogP contribution in [0, 0.1) is 28.6 Å². The molecule has 2 aliphatic rings. The summed E-state index contributed by atoms with van der Waals surface area (Å²) < 4.78 is 7.67. The van der Waals surface area contributed by atoms with E-state index >= 15 is 0 Å². The summed E-state index contributed by atoms with van der Waals surface area (Å²) in [7, 11) is -2.61. The first-order chi connectivity index (χ1) is 19.5. The molecule has 2 aromatic carbocycles. The van der Waals surface area contributed by atoms with Crippen molar-refractivity contribution in [2.45, 2.75) is 91.8 Å². The number of nitrogens with zero attached hydrogens (tertiary/aromatic N) is 1. The minimum Gasteiger partial charge on any atom is -0.407 e. The molecule has 3 aromatic rings. The number of aromatic nitrogens is 1. The number of hydrogen-bond acceptors (Lipinski definition) is 3. The van der Waals surface area contributed by atoms with E-state index in [1.807, 2.05) is 18.5 Å². The Morgan fingerprint density at radius 2 is 1.54 bits per heavy atom. The lowest BCUT2D eigenvalue weighted by Gasteiger charge is -2.61. The first-order valence-electron chi connectivity index (χ1n) is 15.9. The van der Waals surface area contributed by atoms with Crippen LogP contribution in [0.25, 0.3) is 0 Å². The Morgan fingerprint density at radius 3 is 2.10 bits per heavy atom. The van der Waals surface area contributed by atoms with Crippen LogP contribution in [0.1, 0.15) is 79.7 Å². The number of benzene rings is 2. The van der Waals surface area contributed by atoms with Crippen LogP contribution in [0.5, 0.6) is 0 Å². The highest BCUT2D eigenvalue weighted by Gasteiger charge is 2.58. The number of nitrogens with one attached hydrogen (secondary N) is 1. The third kappa shape index (κ3) is 5.72. The standard InChI is InChI=1S/C37H52N2OSi/c1-28-32(27-40-41(35(2,3)4,30-17-10-8-11-18-30)31-19-12-9-13-20-31)37(7)22-15-21-36(5,6)34(37)24-33(28)39-26-29-16-14-23-38-25-29/h8-14,16-20,23,25,28,32-34,39H,15,21-22,24,26-27H2,1-7H3/t28-,32-,33+,34?,37+/m0/s1. The van der Waals surface area contributed by atoms with E-state index < -0.39 is 8.32 Å². The van der Waals surface area contributed by atoms with E-state index in [1.54, 1.807) is 0 Å². The molecule has 2 fully saturated rings. The van der Waals surface area contributed by atoms with Crippen LogP contribution in [-0.4, -0.2) is 26.0 Å². The van der Waals surface area contributed by atoms with Gasteiger partial charge in [-0.1, -0.05) is 122 Å². The highest BCUT2D eigenvalue weighted by atomic mass is 28.4. The van der Waals surface area contributed by atoms with Crippen LogP contribution in [0.3, 0.4) is 0 Å². The van der Waals surface area contributed by atoms with E-state index in [-0.39, 0.29) is 10.5 Å². The first-order valence-corrected chi connectivity index (χ1v) is 17.8. The molecule has 0 bridgehead atoms. The van der Waals surface area contributed by atoms with Crippen molar-refractivity contribution >= 4 is 18.7 Å². The Labute approximate surface area is 250 Å². The minimum absolute atomic E-state index is 0.0162. The lowest BCUT2D eigenvalue weighted by atomic mass is 9.46. The zero-order valence-corrected chi connectivity index (χ0v) is 27.5. The highest BCUT2D eigenvalue weighted by molar-refractivity contribution is 6.99. The molecule has 41 heavy (non-hydrogen) atoms. The Bertz CT molecular complexity index is 1220. The van der Waals surface area contributed by atoms with Gasteiger partial charge in [0.05, 0.1) is 0 Å². The van der Waals surface area contributed by atoms with Gasteiger partial charge >= 0.3 is 0 Å². The zero-order chi connectivity index (χ0) is 29.3. The maximum atomic E-state index is 7.67. The van der Waals surface area contributed by atoms with Crippen LogP contribution in [0.4, 0.5) is 0 Å². The van der Waals surface area contributed by atoms with Crippen LogP contribution in [0.15, 0.2) is 85.2 Å². The molecule has 4 heteroatoms. The molecule has 1 unspecified atom stereocenters. The predicted octanol–water partition coefficient (Wildman–Crippen LogP) is 7.61. The van der Waals surface area contributed by atoms with Crippen molar-refractivity contribution in [3.8, 4) is 0 Å². The van der Waals surface area contributed by atoms with Crippen LogP contribution < -0.4 is 15.7 Å². The molecule has 2 saturated carbocycles. The normalized spacial score (nSPS) is 28.2. The lowest BCUT2D eigenvalue weighted by Crippen LogP contribution is -2.68. The maximum absolute atomic E-state index is 7.67. The molecule has 5 atom stereocenters. The smallest absolute Gasteiger partial charge is 0.261 e. The van der Waals surface area contributed by atoms with E-state index in [4.69, 9.17) is 4.43 Å². The van der Waals surface area contributed by atoms with Crippen molar-refractivity contribution in [2.75, 3.05) is 6.61 Å². The second-order valence-corrected chi connectivity index (χ2v) is 19.2. The Hall–Kier alpha value is -2.27. The van der Waals surface area contributed by atoms with E-state index in [1.165, 1.54) is 41.6 Å². The summed E-state index contributed by atoms with van der Waals surface area (Å²) in [6, 6.07) is 27.0. The number of pyridine rings is 1. The summed E-state index contributed by atoms with van der Waals surface area (Å²) in [6.45, 7) is 19.1. The predicted molar refractivity (Wildman–Crippen MR) is 175 cm³/mol. The van der Waals surface area contributed by atoms with E-state index in [2.05, 4.69) is 125 Å². The SMILES string of the molecule is C[C@@H]1[C@H](NCc2cccnc2)CC2C(C)(C)CCC[C@]2(C)[C@H]1CO[Si](c1ccccc1)(c1ccccc1)C(C)(C)C. The van der Waals surface area contributed by atoms with Gasteiger partial charge in [0.15, 0.2) is 0 Å². The van der Waals surface area contributed by atoms with Crippen molar-refractivity contribution < 1.29 is 4.43 Å². The minimum atomic E-state index is -2.61. The van der Waals surface area contributed by atoms with Gasteiger partial charge in [0.25, 0.3) is 8.32 Å². The molecular formula is C37H52N2OSi. The van der Waals surface area contributed by atoms with Crippen LogP contribution in [-0.2, 0) is 11.0 Å². The highest BCUT2D eigenvalue weighted by Crippen LogP contribution is 2.61. The summed E-state index contributed by atoms with van der Waals surface area (Å²) in [5, 5.41) is 6.74. The summed E-state index contributed by atoms with van der Waals surface area (Å²) in [5.74, 6) is 1.66. The van der Waals surface area contributed by atoms with Gasteiger partial charge in [-0.05, 0) is 74.9 Å². The van der Waals surface area contributed by atoms with Gasteiger partial charge in [-0.3, -0.25) is 4.98 Å². The molecule has 0 aliphatic heterocycles. The van der Waals surface area contributed by atoms with Crippen LogP contribution >= 0.6 is 0 Å². The van der Waals surface area contributed by atoms with E-state index in [0.717, 1.165) is 13.2 Å². The molecule has 1 aromatic heterocycles. The van der Waals surface area contributed by atoms with Gasteiger partial charge < -0.3 is 9.74 Å². The van der Waals surface area contributed by atoms with Gasteiger partial charge in [0, 0.05) is 31.6 Å². The summed E-state index contributed by atoms with van der Waals surface area (Å²) >= 11 is 0. The molecule has 2 aliphatic carbocycles. The van der Waals surface area contributed by atoms with Crippen molar-refractivity contribution in [1.82, 2.24) is 10.3 Å². The summed E-state index contributed by atoms with van der Waals surface area (Å²) in [6.07, 6.45) is 9.03. The second-order valence-electron chi connectivity index (χ2n) is 14.9. The summed E-state index contributed by atoms with van der Waals surface area (Å²) in [5.41, 5.74) is 1.85. The fourth-order valence-corrected chi connectivity index (χ4v) is 13.5. The van der Waals surface area contributed by atoms with Gasteiger partial charge in [-0.2, -0.15) is 0 Å². The largest absolute Gasteiger partial charge is 0.407 e. The topological polar surface area (TPSA) is 34.2 Å². The lowest BCUT2D eigenvalue weighted by molar-refractivity contribution is -0.118. The second kappa shape index (κ2) is 11.8. The fraction of sp³-hybridized carbons (Fsp3) is 0.541. The molecule has 220 valence electrons. The monoisotopic (exact) mass is 568 g/mol. The molecular weight excluding hydrogens is 517 g/mol. The van der Waals surface area contributed by atoms with E-state index in [9.17, 15) is 0 Å². The van der Waals surface area contributed by atoms with Crippen molar-refractivity contribution in [2.24, 2.45) is 28.6 Å². The average molecular weight is 569 g/mol. The molecule has 3 nitrogen and oxygen atoms in total. The maximum Gasteiger partial charge on any atom is 0.261 e. The number of fused-ring (bicyclic) bond motifs is 1. The molecule has 0 saturated heterocycles. The van der Waals surface area contributed by atoms with Crippen molar-refractivity contribution in [3.05, 3.63) is 90.8 Å². The molecule has 1 heterocycles. The third-order valence-electron chi connectivity index (χ3n) is 11.1. The van der Waals surface area contributed by atoms with Gasteiger partial charge in [-0.25, -0.2) is 0 Å². The zero-order valence-electron chi connectivity index (χ0n) is 26.5. The van der Waals surface area contributed by atoms with Crippen LogP contribution in [0.2, 0.25) is 5.04 Å². The molecule has 0 amide bonds. The quantitative estimate of drug-likeness (QED) is 0.284. The number of hydrogen-bond donors (Lipinski definition) is 1. The van der Waals surface area contributed by atoms with Gasteiger partial charge in [0.1, 0.15) is 0 Å². The molecule has 0 radical (unpaired) electrons. The van der Waals surface area contributed by atoms with Crippen molar-refractivity contribution in [3.63, 3.8) is 0 Å². The number of rotatable bonds is 8. The van der Waals surface area contributed by atoms with Gasteiger partial charge in [-0.15, -0.1) is 0 Å². The Balaban J connectivity index is 1.53.